The fourth-order valence-electron chi connectivity index (χ4n) is 6.94. The third kappa shape index (κ3) is 9.17. The van der Waals surface area contributed by atoms with E-state index in [-0.39, 0.29) is 25.4 Å². The number of ether oxygens (including phenoxy) is 3. The number of methoxy groups -OCH3 is 1. The molecule has 2 saturated heterocycles. The number of fused-ring (bicyclic) bond motifs is 1. The first-order valence-electron chi connectivity index (χ1n) is 17.1. The maximum absolute atomic E-state index is 13.9. The summed E-state index contributed by atoms with van der Waals surface area (Å²) >= 11 is 0. The number of aliphatic hydroxyl groups is 1. The lowest BCUT2D eigenvalue weighted by atomic mass is 9.85. The van der Waals surface area contributed by atoms with Crippen LogP contribution in [0.3, 0.4) is 0 Å². The molecule has 3 heterocycles. The van der Waals surface area contributed by atoms with Gasteiger partial charge in [-0.3, -0.25) is 14.7 Å². The third-order valence-corrected chi connectivity index (χ3v) is 9.52. The first-order chi connectivity index (χ1) is 23.9. The molecule has 3 aromatic rings. The minimum absolute atomic E-state index is 0.0300. The molecule has 3 amide bonds. The van der Waals surface area contributed by atoms with Crippen molar-refractivity contribution >= 4 is 18.1 Å². The van der Waals surface area contributed by atoms with Crippen molar-refractivity contribution in [2.45, 2.75) is 83.0 Å². The molecule has 0 saturated carbocycles. The predicted octanol–water partition coefficient (Wildman–Crippen LogP) is 4.65. The summed E-state index contributed by atoms with van der Waals surface area (Å²) < 4.78 is 16.3. The number of nitrogens with zero attached hydrogens (tertiary/aromatic N) is 2. The van der Waals surface area contributed by atoms with Gasteiger partial charge in [0.1, 0.15) is 6.04 Å². The number of nitrogens with one attached hydrogen (secondary N) is 2. The third-order valence-electron chi connectivity index (χ3n) is 9.52. The van der Waals surface area contributed by atoms with Crippen LogP contribution < -0.4 is 10.6 Å². The molecule has 0 radical (unpaired) electrons. The summed E-state index contributed by atoms with van der Waals surface area (Å²) in [4.78, 5) is 44.9. The Kier molecular flexibility index (Phi) is 12.1. The molecule has 2 aliphatic heterocycles. The Labute approximate surface area is 293 Å². The number of rotatable bonds is 13. The SMILES string of the molecule is COC(=O)N[C@H](C(=O)N[C@H](Cc1ccc(-c2ccccn2)cc1)C[C@H](O)[C@H](Cc1ccccc1)N(C(=O)O)[C@H]1CO[C@H]2OCC[C@H]21)C(C)(C)C. The van der Waals surface area contributed by atoms with Crippen molar-refractivity contribution in [3.05, 3.63) is 90.1 Å². The minimum Gasteiger partial charge on any atom is -0.465 e. The van der Waals surface area contributed by atoms with Crippen LogP contribution in [0.5, 0.6) is 0 Å². The Morgan fingerprint density at radius 3 is 2.30 bits per heavy atom. The summed E-state index contributed by atoms with van der Waals surface area (Å²) in [6.45, 7) is 6.13. The van der Waals surface area contributed by atoms with Crippen molar-refractivity contribution in [2.24, 2.45) is 11.3 Å². The lowest BCUT2D eigenvalue weighted by molar-refractivity contribution is -0.126. The van der Waals surface area contributed by atoms with Crippen LogP contribution in [-0.2, 0) is 31.8 Å². The quantitative estimate of drug-likeness (QED) is 0.201. The Balaban J connectivity index is 1.45. The second-order valence-corrected chi connectivity index (χ2v) is 14.1. The average molecular weight is 689 g/mol. The number of pyridine rings is 1. The number of benzene rings is 2. The molecule has 0 unspecified atom stereocenters. The number of carbonyl (C=O) groups is 3. The Bertz CT molecular complexity index is 1570. The monoisotopic (exact) mass is 688 g/mol. The molecule has 0 spiro atoms. The van der Waals surface area contributed by atoms with E-state index in [2.05, 4.69) is 15.6 Å². The second-order valence-electron chi connectivity index (χ2n) is 14.1. The van der Waals surface area contributed by atoms with E-state index >= 15 is 0 Å². The van der Waals surface area contributed by atoms with Gasteiger partial charge in [0.15, 0.2) is 6.29 Å². The van der Waals surface area contributed by atoms with Crippen LogP contribution in [0.15, 0.2) is 79.0 Å². The zero-order valence-corrected chi connectivity index (χ0v) is 29.0. The molecule has 1 aromatic heterocycles. The highest BCUT2D eigenvalue weighted by Gasteiger charge is 2.49. The fourth-order valence-corrected chi connectivity index (χ4v) is 6.94. The number of carboxylic acid groups (broad SMARTS) is 1. The highest BCUT2D eigenvalue weighted by atomic mass is 16.7. The highest BCUT2D eigenvalue weighted by molar-refractivity contribution is 5.86. The number of hydrogen-bond donors (Lipinski definition) is 4. The Morgan fingerprint density at radius 2 is 1.66 bits per heavy atom. The summed E-state index contributed by atoms with van der Waals surface area (Å²) in [5, 5.41) is 28.5. The Morgan fingerprint density at radius 1 is 0.960 bits per heavy atom. The zero-order valence-electron chi connectivity index (χ0n) is 29.0. The van der Waals surface area contributed by atoms with Crippen LogP contribution in [0.25, 0.3) is 11.3 Å². The molecule has 50 heavy (non-hydrogen) atoms. The summed E-state index contributed by atoms with van der Waals surface area (Å²) in [6, 6.07) is 20.0. The van der Waals surface area contributed by atoms with Crippen LogP contribution in [-0.4, -0.2) is 95.1 Å². The molecule has 268 valence electrons. The van der Waals surface area contributed by atoms with Crippen LogP contribution >= 0.6 is 0 Å². The topological polar surface area (TPSA) is 160 Å². The van der Waals surface area contributed by atoms with E-state index in [9.17, 15) is 24.6 Å². The molecule has 7 atom stereocenters. The second kappa shape index (κ2) is 16.5. The van der Waals surface area contributed by atoms with Crippen molar-refractivity contribution in [1.29, 1.82) is 0 Å². The van der Waals surface area contributed by atoms with Crippen molar-refractivity contribution < 1.29 is 38.8 Å². The van der Waals surface area contributed by atoms with E-state index < -0.39 is 60.1 Å². The van der Waals surface area contributed by atoms with Gasteiger partial charge < -0.3 is 35.1 Å². The van der Waals surface area contributed by atoms with E-state index in [1.165, 1.54) is 12.0 Å². The zero-order chi connectivity index (χ0) is 35.8. The van der Waals surface area contributed by atoms with Gasteiger partial charge in [0.2, 0.25) is 5.91 Å². The maximum Gasteiger partial charge on any atom is 0.407 e. The summed E-state index contributed by atoms with van der Waals surface area (Å²) in [6.07, 6.45) is -0.575. The number of aromatic nitrogens is 1. The Hall–Kier alpha value is -4.52. The highest BCUT2D eigenvalue weighted by Crippen LogP contribution is 2.36. The summed E-state index contributed by atoms with van der Waals surface area (Å²) in [5.74, 6) is -0.600. The molecule has 2 aromatic carbocycles. The van der Waals surface area contributed by atoms with Crippen LogP contribution in [0, 0.1) is 11.3 Å². The molecule has 0 bridgehead atoms. The molecule has 0 aliphatic carbocycles. The lowest BCUT2D eigenvalue weighted by Gasteiger charge is -2.39. The van der Waals surface area contributed by atoms with E-state index in [1.54, 1.807) is 6.20 Å². The summed E-state index contributed by atoms with van der Waals surface area (Å²) in [7, 11) is 1.23. The molecular formula is C38H48N4O8. The molecule has 2 aliphatic rings. The first-order valence-corrected chi connectivity index (χ1v) is 17.1. The van der Waals surface area contributed by atoms with Gasteiger partial charge in [0, 0.05) is 23.7 Å². The van der Waals surface area contributed by atoms with Crippen molar-refractivity contribution in [3.63, 3.8) is 0 Å². The van der Waals surface area contributed by atoms with Gasteiger partial charge in [-0.2, -0.15) is 0 Å². The largest absolute Gasteiger partial charge is 0.465 e. The van der Waals surface area contributed by atoms with Crippen LogP contribution in [0.1, 0.15) is 44.7 Å². The molecule has 12 nitrogen and oxygen atoms in total. The molecule has 5 rings (SSSR count). The molecule has 12 heteroatoms. The lowest BCUT2D eigenvalue weighted by Crippen LogP contribution is -2.58. The maximum atomic E-state index is 13.9. The van der Waals surface area contributed by atoms with E-state index in [0.717, 1.165) is 22.4 Å². The smallest absolute Gasteiger partial charge is 0.407 e. The normalized spacial score (nSPS) is 20.9. The molecular weight excluding hydrogens is 640 g/mol. The van der Waals surface area contributed by atoms with Crippen molar-refractivity contribution in [1.82, 2.24) is 20.5 Å². The number of amides is 3. The summed E-state index contributed by atoms with van der Waals surface area (Å²) in [5.41, 5.74) is 2.83. The van der Waals surface area contributed by atoms with Gasteiger partial charge in [-0.25, -0.2) is 9.59 Å². The van der Waals surface area contributed by atoms with E-state index in [4.69, 9.17) is 14.2 Å². The standard InChI is InChI=1S/C38H48N4O8/c1-38(2,3)33(41-36(45)48-4)34(44)40-27(20-25-13-15-26(16-14-25)29-12-8-9-18-39-29)22-32(43)30(21-24-10-6-5-7-11-24)42(37(46)47)31-23-50-35-28(31)17-19-49-35/h5-16,18,27-28,30-33,35,43H,17,19-23H2,1-4H3,(H,40,44)(H,41,45)(H,46,47)/t27-,28+,30+,31+,32+,33-,35-/m1/s1. The van der Waals surface area contributed by atoms with E-state index in [0.29, 0.717) is 19.4 Å². The van der Waals surface area contributed by atoms with Gasteiger partial charge in [0.05, 0.1) is 44.2 Å². The van der Waals surface area contributed by atoms with Gasteiger partial charge in [-0.15, -0.1) is 0 Å². The number of alkyl carbamates (subject to hydrolysis) is 1. The number of aliphatic hydroxyl groups excluding tert-OH is 1. The molecule has 2 fully saturated rings. The van der Waals surface area contributed by atoms with E-state index in [1.807, 2.05) is 93.6 Å². The van der Waals surface area contributed by atoms with Crippen LogP contribution in [0.4, 0.5) is 9.59 Å². The number of carbonyl (C=O) groups excluding carboxylic acids is 2. The van der Waals surface area contributed by atoms with Gasteiger partial charge in [0.25, 0.3) is 0 Å². The number of hydrogen-bond acceptors (Lipinski definition) is 8. The van der Waals surface area contributed by atoms with Gasteiger partial charge in [-0.05, 0) is 54.4 Å². The van der Waals surface area contributed by atoms with Crippen molar-refractivity contribution in [2.75, 3.05) is 20.3 Å². The molecule has 4 N–H and O–H groups in total. The van der Waals surface area contributed by atoms with Crippen LogP contribution in [0.2, 0.25) is 0 Å². The predicted molar refractivity (Wildman–Crippen MR) is 186 cm³/mol. The fraction of sp³-hybridized carbons (Fsp3) is 0.474. The average Bonchev–Trinajstić information content (AvgIpc) is 3.72. The van der Waals surface area contributed by atoms with Gasteiger partial charge >= 0.3 is 12.2 Å². The minimum atomic E-state index is -1.19. The first kappa shape index (κ1) is 36.8. The van der Waals surface area contributed by atoms with Crippen molar-refractivity contribution in [3.8, 4) is 11.3 Å². The van der Waals surface area contributed by atoms with Gasteiger partial charge in [-0.1, -0.05) is 81.4 Å².